The van der Waals surface area contributed by atoms with Crippen LogP contribution in [-0.2, 0) is 16.1 Å². The van der Waals surface area contributed by atoms with E-state index < -0.39 is 0 Å². The highest BCUT2D eigenvalue weighted by Gasteiger charge is 2.39. The summed E-state index contributed by atoms with van der Waals surface area (Å²) in [7, 11) is 0. The van der Waals surface area contributed by atoms with Crippen LogP contribution in [0.15, 0.2) is 28.7 Å². The standard InChI is InChI=1S/C19H23BrN2O2S2/c1-12(2)16-11-26-19(25)22(16)18(24)9-15-7-8-17(23)21(15)10-13-3-5-14(20)6-4-13/h3-6,12,15-16H,7-11H2,1-2H3/t15-,16-/m1/s1. The summed E-state index contributed by atoms with van der Waals surface area (Å²) < 4.78 is 1.69. The van der Waals surface area contributed by atoms with Crippen LogP contribution in [0.5, 0.6) is 0 Å². The molecule has 0 N–H and O–H groups in total. The lowest BCUT2D eigenvalue weighted by Gasteiger charge is -2.30. The Morgan fingerprint density at radius 2 is 2.04 bits per heavy atom. The predicted molar refractivity (Wildman–Crippen MR) is 113 cm³/mol. The predicted octanol–water partition coefficient (Wildman–Crippen LogP) is 4.22. The Kier molecular flexibility index (Phi) is 6.41. The fourth-order valence-corrected chi connectivity index (χ4v) is 5.45. The van der Waals surface area contributed by atoms with Crippen molar-refractivity contribution in [3.05, 3.63) is 34.3 Å². The van der Waals surface area contributed by atoms with Gasteiger partial charge in [-0.05, 0) is 30.0 Å². The quantitative estimate of drug-likeness (QED) is 0.624. The molecule has 2 aliphatic rings. The number of nitrogens with zero attached hydrogens (tertiary/aromatic N) is 2. The molecule has 1 aromatic rings. The highest BCUT2D eigenvalue weighted by atomic mass is 79.9. The van der Waals surface area contributed by atoms with Crippen LogP contribution in [0.2, 0.25) is 0 Å². The molecule has 140 valence electrons. The van der Waals surface area contributed by atoms with Crippen LogP contribution < -0.4 is 0 Å². The molecule has 0 saturated carbocycles. The number of amides is 2. The van der Waals surface area contributed by atoms with Gasteiger partial charge in [-0.3, -0.25) is 14.5 Å². The van der Waals surface area contributed by atoms with Crippen molar-refractivity contribution < 1.29 is 9.59 Å². The van der Waals surface area contributed by atoms with Crippen molar-refractivity contribution in [2.75, 3.05) is 5.75 Å². The first kappa shape index (κ1) is 19.8. The lowest BCUT2D eigenvalue weighted by molar-refractivity contribution is -0.132. The normalized spacial score (nSPS) is 23.4. The average Bonchev–Trinajstić information content (AvgIpc) is 3.14. The van der Waals surface area contributed by atoms with Crippen molar-refractivity contribution in [1.82, 2.24) is 9.80 Å². The van der Waals surface area contributed by atoms with Crippen molar-refractivity contribution in [3.63, 3.8) is 0 Å². The average molecular weight is 455 g/mol. The molecule has 26 heavy (non-hydrogen) atoms. The van der Waals surface area contributed by atoms with Gasteiger partial charge in [0.25, 0.3) is 0 Å². The molecule has 4 nitrogen and oxygen atoms in total. The summed E-state index contributed by atoms with van der Waals surface area (Å²) in [6.45, 7) is 4.80. The number of carbonyl (C=O) groups excluding carboxylic acids is 2. The van der Waals surface area contributed by atoms with Crippen LogP contribution >= 0.6 is 39.9 Å². The number of halogens is 1. The number of rotatable bonds is 5. The lowest BCUT2D eigenvalue weighted by Crippen LogP contribution is -2.44. The van der Waals surface area contributed by atoms with Gasteiger partial charge in [0.1, 0.15) is 4.32 Å². The lowest BCUT2D eigenvalue weighted by atomic mass is 10.0. The molecule has 0 radical (unpaired) electrons. The van der Waals surface area contributed by atoms with E-state index in [4.69, 9.17) is 12.2 Å². The fraction of sp³-hybridized carbons (Fsp3) is 0.526. The smallest absolute Gasteiger partial charge is 0.230 e. The Hall–Kier alpha value is -0.920. The van der Waals surface area contributed by atoms with Gasteiger partial charge in [-0.25, -0.2) is 0 Å². The van der Waals surface area contributed by atoms with Crippen LogP contribution in [0.4, 0.5) is 0 Å². The molecule has 0 aromatic heterocycles. The first-order valence-electron chi connectivity index (χ1n) is 8.89. The second kappa shape index (κ2) is 8.40. The maximum absolute atomic E-state index is 13.0. The molecule has 2 fully saturated rings. The van der Waals surface area contributed by atoms with Crippen molar-refractivity contribution in [3.8, 4) is 0 Å². The van der Waals surface area contributed by atoms with Gasteiger partial charge in [0.2, 0.25) is 11.8 Å². The maximum Gasteiger partial charge on any atom is 0.230 e. The summed E-state index contributed by atoms with van der Waals surface area (Å²) in [5.41, 5.74) is 1.08. The minimum absolute atomic E-state index is 0.0418. The van der Waals surface area contributed by atoms with Gasteiger partial charge in [-0.15, -0.1) is 0 Å². The molecule has 7 heteroatoms. The highest BCUT2D eigenvalue weighted by Crippen LogP contribution is 2.31. The van der Waals surface area contributed by atoms with Crippen LogP contribution in [0.25, 0.3) is 0 Å². The second-order valence-electron chi connectivity index (χ2n) is 7.20. The molecule has 0 spiro atoms. The van der Waals surface area contributed by atoms with Gasteiger partial charge >= 0.3 is 0 Å². The van der Waals surface area contributed by atoms with E-state index in [2.05, 4.69) is 29.8 Å². The number of hydrogen-bond acceptors (Lipinski definition) is 4. The van der Waals surface area contributed by atoms with Gasteiger partial charge in [0.05, 0.1) is 0 Å². The zero-order valence-electron chi connectivity index (χ0n) is 15.0. The van der Waals surface area contributed by atoms with E-state index in [0.717, 1.165) is 22.2 Å². The van der Waals surface area contributed by atoms with E-state index >= 15 is 0 Å². The van der Waals surface area contributed by atoms with Crippen LogP contribution in [0, 0.1) is 5.92 Å². The topological polar surface area (TPSA) is 40.6 Å². The van der Waals surface area contributed by atoms with Gasteiger partial charge in [0.15, 0.2) is 0 Å². The third kappa shape index (κ3) is 4.31. The number of carbonyl (C=O) groups is 2. The minimum Gasteiger partial charge on any atom is -0.335 e. The van der Waals surface area contributed by atoms with Gasteiger partial charge in [0, 0.05) is 41.7 Å². The first-order valence-corrected chi connectivity index (χ1v) is 11.1. The Labute approximate surface area is 172 Å². The number of thiocarbonyl (C=S) groups is 1. The van der Waals surface area contributed by atoms with Crippen LogP contribution in [0.3, 0.4) is 0 Å². The summed E-state index contributed by atoms with van der Waals surface area (Å²) in [5, 5.41) is 0. The Bertz CT molecular complexity index is 708. The van der Waals surface area contributed by atoms with Gasteiger partial charge < -0.3 is 4.90 Å². The van der Waals surface area contributed by atoms with E-state index in [1.54, 1.807) is 16.7 Å². The van der Waals surface area contributed by atoms with Crippen LogP contribution in [-0.4, -0.2) is 43.8 Å². The summed E-state index contributed by atoms with van der Waals surface area (Å²) >= 11 is 10.4. The number of thioether (sulfide) groups is 1. The van der Waals surface area contributed by atoms with E-state index in [1.165, 1.54) is 0 Å². The molecule has 2 aliphatic heterocycles. The molecule has 2 amide bonds. The highest BCUT2D eigenvalue weighted by molar-refractivity contribution is 9.10. The Morgan fingerprint density at radius 1 is 1.35 bits per heavy atom. The third-order valence-electron chi connectivity index (χ3n) is 5.07. The van der Waals surface area contributed by atoms with E-state index in [-0.39, 0.29) is 23.9 Å². The molecule has 0 aliphatic carbocycles. The monoisotopic (exact) mass is 454 g/mol. The van der Waals surface area contributed by atoms with E-state index in [9.17, 15) is 9.59 Å². The Morgan fingerprint density at radius 3 is 2.69 bits per heavy atom. The largest absolute Gasteiger partial charge is 0.335 e. The zero-order chi connectivity index (χ0) is 18.8. The maximum atomic E-state index is 13.0. The van der Waals surface area contributed by atoms with Crippen molar-refractivity contribution >= 4 is 56.0 Å². The summed E-state index contributed by atoms with van der Waals surface area (Å²) in [4.78, 5) is 29.0. The SMILES string of the molecule is CC(C)[C@H]1CSC(=S)N1C(=O)C[C@H]1CCC(=O)N1Cc1ccc(Br)cc1. The van der Waals surface area contributed by atoms with Gasteiger partial charge in [-0.2, -0.15) is 0 Å². The third-order valence-corrected chi connectivity index (χ3v) is 7.10. The molecule has 0 bridgehead atoms. The van der Waals surface area contributed by atoms with E-state index in [1.807, 2.05) is 29.2 Å². The first-order chi connectivity index (χ1) is 12.4. The molecular weight excluding hydrogens is 432 g/mol. The Balaban J connectivity index is 1.69. The number of likely N-dealkylation sites (tertiary alicyclic amines) is 1. The molecule has 3 rings (SSSR count). The molecule has 2 saturated heterocycles. The molecule has 2 atom stereocenters. The molecule has 1 aromatic carbocycles. The minimum atomic E-state index is -0.0418. The van der Waals surface area contributed by atoms with E-state index in [0.29, 0.717) is 29.6 Å². The molecule has 2 heterocycles. The number of benzene rings is 1. The summed E-state index contributed by atoms with van der Waals surface area (Å²) in [5.74, 6) is 1.42. The van der Waals surface area contributed by atoms with Crippen molar-refractivity contribution in [2.45, 2.75) is 51.7 Å². The van der Waals surface area contributed by atoms with Crippen molar-refractivity contribution in [2.24, 2.45) is 5.92 Å². The zero-order valence-corrected chi connectivity index (χ0v) is 18.2. The summed E-state index contributed by atoms with van der Waals surface area (Å²) in [6, 6.07) is 8.09. The molecule has 0 unspecified atom stereocenters. The molecular formula is C19H23BrN2O2S2. The summed E-state index contributed by atoms with van der Waals surface area (Å²) in [6.07, 6.45) is 1.61. The fourth-order valence-electron chi connectivity index (χ4n) is 3.52. The van der Waals surface area contributed by atoms with Crippen molar-refractivity contribution in [1.29, 1.82) is 0 Å². The van der Waals surface area contributed by atoms with Crippen LogP contribution in [0.1, 0.15) is 38.7 Å². The second-order valence-corrected chi connectivity index (χ2v) is 9.77. The van der Waals surface area contributed by atoms with Gasteiger partial charge in [-0.1, -0.05) is 65.9 Å². The number of hydrogen-bond donors (Lipinski definition) is 0.